The smallest absolute Gasteiger partial charge is 0.253 e. The predicted octanol–water partition coefficient (Wildman–Crippen LogP) is 4.45. The third-order valence-corrected chi connectivity index (χ3v) is 4.42. The fraction of sp³-hybridized carbons (Fsp3) is 0.0870. The zero-order valence-corrected chi connectivity index (χ0v) is 14.6. The van der Waals surface area contributed by atoms with E-state index >= 15 is 0 Å². The molecule has 4 rings (SSSR count). The van der Waals surface area contributed by atoms with Crippen molar-refractivity contribution in [2.75, 3.05) is 5.73 Å². The zero-order chi connectivity index (χ0) is 18.6. The average molecular weight is 370 g/mol. The third kappa shape index (κ3) is 3.99. The second kappa shape index (κ2) is 8.31. The van der Waals surface area contributed by atoms with Crippen LogP contribution in [0.25, 0.3) is 21.9 Å². The SMILES string of the molecule is C.Nc1nccc2cc(CNC(=O)c3cncc(-c4ccccc4)c3)ccc12. The van der Waals surface area contributed by atoms with Crippen LogP contribution >= 0.6 is 0 Å². The number of hydrogen-bond donors (Lipinski definition) is 2. The van der Waals surface area contributed by atoms with E-state index < -0.39 is 0 Å². The quantitative estimate of drug-likeness (QED) is 0.556. The lowest BCUT2D eigenvalue weighted by Crippen LogP contribution is -2.23. The Morgan fingerprint density at radius 2 is 1.79 bits per heavy atom. The summed E-state index contributed by atoms with van der Waals surface area (Å²) in [5, 5.41) is 4.86. The van der Waals surface area contributed by atoms with Crippen molar-refractivity contribution < 1.29 is 4.79 Å². The minimum Gasteiger partial charge on any atom is -0.383 e. The second-order valence-electron chi connectivity index (χ2n) is 6.26. The van der Waals surface area contributed by atoms with Gasteiger partial charge in [-0.3, -0.25) is 9.78 Å². The monoisotopic (exact) mass is 370 g/mol. The summed E-state index contributed by atoms with van der Waals surface area (Å²) in [6.07, 6.45) is 5.02. The Bertz CT molecular complexity index is 1110. The number of anilines is 1. The minimum atomic E-state index is -0.158. The van der Waals surface area contributed by atoms with Gasteiger partial charge in [0.1, 0.15) is 5.82 Å². The van der Waals surface area contributed by atoms with Gasteiger partial charge in [0.2, 0.25) is 0 Å². The van der Waals surface area contributed by atoms with E-state index in [1.165, 1.54) is 0 Å². The van der Waals surface area contributed by atoms with Crippen molar-refractivity contribution in [1.29, 1.82) is 0 Å². The van der Waals surface area contributed by atoms with Crippen LogP contribution < -0.4 is 11.1 Å². The molecule has 2 aromatic carbocycles. The van der Waals surface area contributed by atoms with Crippen molar-refractivity contribution in [3.63, 3.8) is 0 Å². The number of nitrogens with one attached hydrogen (secondary N) is 1. The molecular weight excluding hydrogens is 348 g/mol. The van der Waals surface area contributed by atoms with Crippen molar-refractivity contribution in [3.8, 4) is 11.1 Å². The van der Waals surface area contributed by atoms with Gasteiger partial charge in [-0.05, 0) is 34.7 Å². The molecule has 0 atom stereocenters. The first-order valence-electron chi connectivity index (χ1n) is 8.62. The number of nitrogens with two attached hydrogens (primary N) is 1. The maximum atomic E-state index is 12.5. The summed E-state index contributed by atoms with van der Waals surface area (Å²) in [6, 6.07) is 19.5. The number of carbonyl (C=O) groups is 1. The van der Waals surface area contributed by atoms with Gasteiger partial charge in [0.05, 0.1) is 5.56 Å². The molecule has 0 radical (unpaired) electrons. The van der Waals surface area contributed by atoms with E-state index in [1.54, 1.807) is 18.6 Å². The van der Waals surface area contributed by atoms with E-state index in [0.717, 1.165) is 27.5 Å². The number of benzene rings is 2. The fourth-order valence-electron chi connectivity index (χ4n) is 3.00. The van der Waals surface area contributed by atoms with Crippen molar-refractivity contribution >= 4 is 22.5 Å². The number of pyridine rings is 2. The Balaban J connectivity index is 0.00000225. The van der Waals surface area contributed by atoms with Crippen LogP contribution in [0.2, 0.25) is 0 Å². The first-order chi connectivity index (χ1) is 13.2. The lowest BCUT2D eigenvalue weighted by molar-refractivity contribution is 0.0950. The van der Waals surface area contributed by atoms with E-state index in [9.17, 15) is 4.79 Å². The van der Waals surface area contributed by atoms with E-state index in [1.807, 2.05) is 60.7 Å². The Morgan fingerprint density at radius 3 is 2.61 bits per heavy atom. The number of aromatic nitrogens is 2. The first-order valence-corrected chi connectivity index (χ1v) is 8.62. The number of fused-ring (bicyclic) bond motifs is 1. The van der Waals surface area contributed by atoms with Gasteiger partial charge in [-0.1, -0.05) is 49.9 Å². The predicted molar refractivity (Wildman–Crippen MR) is 114 cm³/mol. The zero-order valence-electron chi connectivity index (χ0n) is 14.6. The Morgan fingerprint density at radius 1 is 0.964 bits per heavy atom. The minimum absolute atomic E-state index is 0. The van der Waals surface area contributed by atoms with E-state index in [4.69, 9.17) is 5.73 Å². The maximum Gasteiger partial charge on any atom is 0.253 e. The Hall–Kier alpha value is -3.73. The molecule has 0 spiro atoms. The largest absolute Gasteiger partial charge is 0.383 e. The van der Waals surface area contributed by atoms with Gasteiger partial charge < -0.3 is 11.1 Å². The van der Waals surface area contributed by atoms with Crippen molar-refractivity contribution in [2.24, 2.45) is 0 Å². The van der Waals surface area contributed by atoms with Crippen LogP contribution in [0, 0.1) is 0 Å². The Kier molecular flexibility index (Phi) is 5.65. The highest BCUT2D eigenvalue weighted by Gasteiger charge is 2.08. The van der Waals surface area contributed by atoms with E-state index in [-0.39, 0.29) is 13.3 Å². The second-order valence-corrected chi connectivity index (χ2v) is 6.26. The van der Waals surface area contributed by atoms with Crippen LogP contribution in [-0.4, -0.2) is 15.9 Å². The molecule has 2 heterocycles. The standard InChI is InChI=1S/C22H18N4O.CH4/c23-21-20-7-6-15(10-17(20)8-9-25-21)12-26-22(27)19-11-18(13-24-14-19)16-4-2-1-3-5-16;/h1-11,13-14H,12H2,(H2,23,25)(H,26,27);1H4. The number of carbonyl (C=O) groups excluding carboxylic acids is 1. The van der Waals surface area contributed by atoms with Gasteiger partial charge >= 0.3 is 0 Å². The Labute approximate surface area is 164 Å². The third-order valence-electron chi connectivity index (χ3n) is 4.42. The van der Waals surface area contributed by atoms with E-state index in [0.29, 0.717) is 17.9 Å². The van der Waals surface area contributed by atoms with Gasteiger partial charge in [0.15, 0.2) is 0 Å². The van der Waals surface area contributed by atoms with Crippen LogP contribution in [0.15, 0.2) is 79.3 Å². The van der Waals surface area contributed by atoms with Crippen LogP contribution in [-0.2, 0) is 6.54 Å². The lowest BCUT2D eigenvalue weighted by Gasteiger charge is -2.08. The number of nitrogen functional groups attached to an aromatic ring is 1. The number of amides is 1. The van der Waals surface area contributed by atoms with Crippen LogP contribution in [0.4, 0.5) is 5.82 Å². The molecule has 4 aromatic rings. The summed E-state index contributed by atoms with van der Waals surface area (Å²) >= 11 is 0. The molecule has 0 aliphatic rings. The van der Waals surface area contributed by atoms with Crippen molar-refractivity contribution in [1.82, 2.24) is 15.3 Å². The summed E-state index contributed by atoms with van der Waals surface area (Å²) in [7, 11) is 0. The highest BCUT2D eigenvalue weighted by atomic mass is 16.1. The average Bonchev–Trinajstić information content (AvgIpc) is 2.73. The molecule has 5 heteroatoms. The molecule has 140 valence electrons. The van der Waals surface area contributed by atoms with Gasteiger partial charge in [-0.15, -0.1) is 0 Å². The highest BCUT2D eigenvalue weighted by Crippen LogP contribution is 2.21. The van der Waals surface area contributed by atoms with Gasteiger partial charge in [-0.25, -0.2) is 4.98 Å². The molecular formula is C23H22N4O. The molecule has 2 aromatic heterocycles. The molecule has 0 aliphatic heterocycles. The first kappa shape index (κ1) is 19.0. The molecule has 1 amide bonds. The van der Waals surface area contributed by atoms with Gasteiger partial charge in [0, 0.05) is 36.1 Å². The topological polar surface area (TPSA) is 80.9 Å². The van der Waals surface area contributed by atoms with Gasteiger partial charge in [0.25, 0.3) is 5.91 Å². The van der Waals surface area contributed by atoms with E-state index in [2.05, 4.69) is 15.3 Å². The van der Waals surface area contributed by atoms with Crippen molar-refractivity contribution in [2.45, 2.75) is 14.0 Å². The number of hydrogen-bond acceptors (Lipinski definition) is 4. The maximum absolute atomic E-state index is 12.5. The highest BCUT2D eigenvalue weighted by molar-refractivity contribution is 5.95. The van der Waals surface area contributed by atoms with Crippen LogP contribution in [0.5, 0.6) is 0 Å². The number of nitrogens with zero attached hydrogens (tertiary/aromatic N) is 2. The summed E-state index contributed by atoms with van der Waals surface area (Å²) in [5.41, 5.74) is 9.35. The molecule has 0 unspecified atom stereocenters. The molecule has 0 bridgehead atoms. The van der Waals surface area contributed by atoms with Gasteiger partial charge in [-0.2, -0.15) is 0 Å². The summed E-state index contributed by atoms with van der Waals surface area (Å²) < 4.78 is 0. The molecule has 0 fully saturated rings. The summed E-state index contributed by atoms with van der Waals surface area (Å²) in [6.45, 7) is 0.423. The summed E-state index contributed by atoms with van der Waals surface area (Å²) in [5.74, 6) is 0.349. The fourth-order valence-corrected chi connectivity index (χ4v) is 3.00. The molecule has 0 aliphatic carbocycles. The molecule has 5 nitrogen and oxygen atoms in total. The molecule has 0 saturated heterocycles. The van der Waals surface area contributed by atoms with Crippen molar-refractivity contribution in [3.05, 3.63) is 90.4 Å². The molecule has 3 N–H and O–H groups in total. The normalized spacial score (nSPS) is 10.3. The number of rotatable bonds is 4. The van der Waals surface area contributed by atoms with Crippen LogP contribution in [0.3, 0.4) is 0 Å². The molecule has 28 heavy (non-hydrogen) atoms. The summed E-state index contributed by atoms with van der Waals surface area (Å²) in [4.78, 5) is 20.8. The van der Waals surface area contributed by atoms with Crippen LogP contribution in [0.1, 0.15) is 23.3 Å². The lowest BCUT2D eigenvalue weighted by atomic mass is 10.1. The molecule has 0 saturated carbocycles.